The van der Waals surface area contributed by atoms with Crippen molar-refractivity contribution in [3.05, 3.63) is 0 Å². The molecule has 0 aromatic carbocycles. The Morgan fingerprint density at radius 3 is 2.11 bits per heavy atom. The van der Waals surface area contributed by atoms with Gasteiger partial charge in [-0.25, -0.2) is 9.59 Å². The van der Waals surface area contributed by atoms with E-state index in [0.717, 1.165) is 6.42 Å². The number of carboxylic acids is 1. The lowest BCUT2D eigenvalue weighted by molar-refractivity contribution is -0.140. The molecule has 0 aliphatic heterocycles. The molecule has 0 aliphatic rings. The number of nitrogens with one attached hydrogen (secondary N) is 1. The molecule has 0 heterocycles. The molecule has 0 fully saturated rings. The van der Waals surface area contributed by atoms with Gasteiger partial charge in [0.05, 0.1) is 0 Å². The standard InChI is InChI=1S/C13H26N2O3/c1-6-8-15(9(3)4)13(18)14-11(12(16)17)10(5)7-2/h9-11H,6-8H2,1-5H3,(H,14,18)(H,16,17)/t10?,11-/m0/s1. The molecular formula is C13H26N2O3. The Labute approximate surface area is 110 Å². The van der Waals surface area contributed by atoms with Crippen LogP contribution in [-0.2, 0) is 4.79 Å². The van der Waals surface area contributed by atoms with E-state index in [1.54, 1.807) is 4.90 Å². The van der Waals surface area contributed by atoms with Crippen LogP contribution in [0.2, 0.25) is 0 Å². The van der Waals surface area contributed by atoms with Gasteiger partial charge in [-0.05, 0) is 26.2 Å². The van der Waals surface area contributed by atoms with Crippen molar-refractivity contribution in [3.8, 4) is 0 Å². The van der Waals surface area contributed by atoms with Crippen LogP contribution in [0.25, 0.3) is 0 Å². The Morgan fingerprint density at radius 1 is 1.22 bits per heavy atom. The number of amides is 2. The molecule has 106 valence electrons. The van der Waals surface area contributed by atoms with Gasteiger partial charge < -0.3 is 15.3 Å². The summed E-state index contributed by atoms with van der Waals surface area (Å²) in [6.45, 7) is 10.2. The van der Waals surface area contributed by atoms with E-state index in [1.807, 2.05) is 34.6 Å². The first-order valence-corrected chi connectivity index (χ1v) is 6.65. The second kappa shape index (κ2) is 7.95. The van der Waals surface area contributed by atoms with Gasteiger partial charge in [-0.1, -0.05) is 27.2 Å². The van der Waals surface area contributed by atoms with Crippen LogP contribution in [0.5, 0.6) is 0 Å². The number of aliphatic carboxylic acids is 1. The van der Waals surface area contributed by atoms with E-state index < -0.39 is 12.0 Å². The van der Waals surface area contributed by atoms with Crippen molar-refractivity contribution in [1.29, 1.82) is 0 Å². The van der Waals surface area contributed by atoms with Crippen LogP contribution in [-0.4, -0.2) is 40.6 Å². The quantitative estimate of drug-likeness (QED) is 0.736. The predicted molar refractivity (Wildman–Crippen MR) is 71.5 cm³/mol. The number of rotatable bonds is 7. The molecule has 0 bridgehead atoms. The summed E-state index contributed by atoms with van der Waals surface area (Å²) in [7, 11) is 0. The van der Waals surface area contributed by atoms with Crippen LogP contribution < -0.4 is 5.32 Å². The van der Waals surface area contributed by atoms with E-state index in [-0.39, 0.29) is 18.0 Å². The molecule has 1 unspecified atom stereocenters. The maximum absolute atomic E-state index is 12.1. The number of carbonyl (C=O) groups is 2. The van der Waals surface area contributed by atoms with Crippen LogP contribution in [0.4, 0.5) is 4.79 Å². The first-order valence-electron chi connectivity index (χ1n) is 6.65. The zero-order chi connectivity index (χ0) is 14.3. The van der Waals surface area contributed by atoms with E-state index in [4.69, 9.17) is 5.11 Å². The Morgan fingerprint density at radius 2 is 1.78 bits per heavy atom. The highest BCUT2D eigenvalue weighted by molar-refractivity contribution is 5.82. The van der Waals surface area contributed by atoms with Crippen LogP contribution in [0, 0.1) is 5.92 Å². The molecule has 0 saturated carbocycles. The lowest BCUT2D eigenvalue weighted by Crippen LogP contribution is -2.52. The molecule has 0 aromatic rings. The van der Waals surface area contributed by atoms with E-state index >= 15 is 0 Å². The minimum atomic E-state index is -0.974. The minimum Gasteiger partial charge on any atom is -0.480 e. The van der Waals surface area contributed by atoms with Crippen LogP contribution in [0.15, 0.2) is 0 Å². The molecule has 2 atom stereocenters. The van der Waals surface area contributed by atoms with Gasteiger partial charge in [0, 0.05) is 12.6 Å². The number of urea groups is 1. The largest absolute Gasteiger partial charge is 0.480 e. The van der Waals surface area contributed by atoms with Gasteiger partial charge in [0.1, 0.15) is 6.04 Å². The zero-order valence-electron chi connectivity index (χ0n) is 12.1. The number of hydrogen-bond donors (Lipinski definition) is 2. The normalized spacial score (nSPS) is 14.1. The monoisotopic (exact) mass is 258 g/mol. The fourth-order valence-electron chi connectivity index (χ4n) is 1.73. The average Bonchev–Trinajstić information content (AvgIpc) is 2.30. The average molecular weight is 258 g/mol. The van der Waals surface area contributed by atoms with Gasteiger partial charge in [0.15, 0.2) is 0 Å². The van der Waals surface area contributed by atoms with Gasteiger partial charge in [-0.3, -0.25) is 0 Å². The third kappa shape index (κ3) is 4.94. The summed E-state index contributed by atoms with van der Waals surface area (Å²) < 4.78 is 0. The van der Waals surface area contributed by atoms with Crippen LogP contribution in [0.3, 0.4) is 0 Å². The lowest BCUT2D eigenvalue weighted by Gasteiger charge is -2.29. The van der Waals surface area contributed by atoms with Crippen molar-refractivity contribution in [2.75, 3.05) is 6.54 Å². The van der Waals surface area contributed by atoms with Gasteiger partial charge in [0.2, 0.25) is 0 Å². The van der Waals surface area contributed by atoms with Crippen molar-refractivity contribution in [1.82, 2.24) is 10.2 Å². The van der Waals surface area contributed by atoms with E-state index in [0.29, 0.717) is 13.0 Å². The summed E-state index contributed by atoms with van der Waals surface area (Å²) in [6, 6.07) is -1.04. The molecule has 2 amide bonds. The zero-order valence-corrected chi connectivity index (χ0v) is 12.1. The first-order chi connectivity index (χ1) is 8.34. The maximum atomic E-state index is 12.1. The smallest absolute Gasteiger partial charge is 0.326 e. The maximum Gasteiger partial charge on any atom is 0.326 e. The van der Waals surface area contributed by atoms with Crippen LogP contribution >= 0.6 is 0 Å². The third-order valence-electron chi connectivity index (χ3n) is 3.11. The van der Waals surface area contributed by atoms with Gasteiger partial charge >= 0.3 is 12.0 Å². The molecule has 18 heavy (non-hydrogen) atoms. The Bertz CT molecular complexity index is 279. The molecule has 0 aliphatic carbocycles. The second-order valence-corrected chi connectivity index (χ2v) is 4.94. The number of carboxylic acid groups (broad SMARTS) is 1. The van der Waals surface area contributed by atoms with E-state index in [1.165, 1.54) is 0 Å². The fourth-order valence-corrected chi connectivity index (χ4v) is 1.73. The topological polar surface area (TPSA) is 69.6 Å². The molecule has 5 nitrogen and oxygen atoms in total. The summed E-state index contributed by atoms with van der Waals surface area (Å²) in [5.74, 6) is -1.06. The summed E-state index contributed by atoms with van der Waals surface area (Å²) >= 11 is 0. The van der Waals surface area contributed by atoms with Crippen molar-refractivity contribution < 1.29 is 14.7 Å². The van der Waals surface area contributed by atoms with Gasteiger partial charge in [-0.15, -0.1) is 0 Å². The summed E-state index contributed by atoms with van der Waals surface area (Å²) in [6.07, 6.45) is 1.57. The summed E-state index contributed by atoms with van der Waals surface area (Å²) in [5, 5.41) is 11.8. The van der Waals surface area contributed by atoms with E-state index in [9.17, 15) is 9.59 Å². The first kappa shape index (κ1) is 16.7. The van der Waals surface area contributed by atoms with Crippen molar-refractivity contribution in [3.63, 3.8) is 0 Å². The molecular weight excluding hydrogens is 232 g/mol. The van der Waals surface area contributed by atoms with E-state index in [2.05, 4.69) is 5.32 Å². The second-order valence-electron chi connectivity index (χ2n) is 4.94. The number of carbonyl (C=O) groups excluding carboxylic acids is 1. The highest BCUT2D eigenvalue weighted by Gasteiger charge is 2.27. The fraction of sp³-hybridized carbons (Fsp3) is 0.846. The third-order valence-corrected chi connectivity index (χ3v) is 3.11. The van der Waals surface area contributed by atoms with Crippen molar-refractivity contribution >= 4 is 12.0 Å². The highest BCUT2D eigenvalue weighted by atomic mass is 16.4. The Balaban J connectivity index is 4.71. The van der Waals surface area contributed by atoms with Crippen molar-refractivity contribution in [2.24, 2.45) is 5.92 Å². The SMILES string of the molecule is CCCN(C(=O)N[C@H](C(=O)O)C(C)CC)C(C)C. The Kier molecular flexibility index (Phi) is 7.39. The number of nitrogens with zero attached hydrogens (tertiary/aromatic N) is 1. The molecule has 2 N–H and O–H groups in total. The molecule has 0 aromatic heterocycles. The molecule has 0 spiro atoms. The molecule has 5 heteroatoms. The predicted octanol–water partition coefficient (Wildman–Crippen LogP) is 2.32. The number of hydrogen-bond acceptors (Lipinski definition) is 2. The Hall–Kier alpha value is -1.26. The summed E-state index contributed by atoms with van der Waals surface area (Å²) in [4.78, 5) is 24.9. The minimum absolute atomic E-state index is 0.0660. The van der Waals surface area contributed by atoms with Crippen molar-refractivity contribution in [2.45, 2.75) is 59.5 Å². The highest BCUT2D eigenvalue weighted by Crippen LogP contribution is 2.09. The lowest BCUT2D eigenvalue weighted by atomic mass is 9.99. The molecule has 0 rings (SSSR count). The van der Waals surface area contributed by atoms with Gasteiger partial charge in [0.25, 0.3) is 0 Å². The summed E-state index contributed by atoms with van der Waals surface area (Å²) in [5.41, 5.74) is 0. The molecule has 0 radical (unpaired) electrons. The molecule has 0 saturated heterocycles. The van der Waals surface area contributed by atoms with Gasteiger partial charge in [-0.2, -0.15) is 0 Å². The van der Waals surface area contributed by atoms with Crippen LogP contribution in [0.1, 0.15) is 47.5 Å².